The molecule has 5 heteroatoms. The van der Waals surface area contributed by atoms with Crippen LogP contribution in [-0.2, 0) is 4.74 Å². The maximum Gasteiger partial charge on any atom is 0.411 e. The number of hydrogen-bond acceptors (Lipinski definition) is 3. The van der Waals surface area contributed by atoms with Gasteiger partial charge in [-0.05, 0) is 61.9 Å². The molecule has 0 heterocycles. The number of carbonyl (C=O) groups is 1. The van der Waals surface area contributed by atoms with E-state index in [1.807, 2.05) is 43.3 Å². The largest absolute Gasteiger partial charge is 0.450 e. The lowest BCUT2D eigenvalue weighted by Gasteiger charge is -2.11. The van der Waals surface area contributed by atoms with Crippen LogP contribution in [0.25, 0.3) is 0 Å². The van der Waals surface area contributed by atoms with E-state index in [0.717, 1.165) is 21.4 Å². The number of amides is 1. The van der Waals surface area contributed by atoms with Crippen molar-refractivity contribution in [1.82, 2.24) is 0 Å². The number of benzene rings is 2. The summed E-state index contributed by atoms with van der Waals surface area (Å²) in [5.74, 6) is 0. The summed E-state index contributed by atoms with van der Waals surface area (Å²) in [6, 6.07) is 13.5. The molecule has 0 radical (unpaired) electrons. The van der Waals surface area contributed by atoms with E-state index in [4.69, 9.17) is 4.74 Å². The summed E-state index contributed by atoms with van der Waals surface area (Å²) >= 11 is 3.45. The second kappa shape index (κ2) is 7.13. The van der Waals surface area contributed by atoms with Crippen LogP contribution in [0, 0.1) is 6.92 Å². The molecule has 0 fully saturated rings. The van der Waals surface area contributed by atoms with Crippen molar-refractivity contribution < 1.29 is 9.53 Å². The number of nitrogens with one attached hydrogen (secondary N) is 2. The number of halogens is 1. The molecule has 0 aromatic heterocycles. The zero-order chi connectivity index (χ0) is 15.2. The van der Waals surface area contributed by atoms with Crippen LogP contribution in [0.3, 0.4) is 0 Å². The molecule has 0 aliphatic carbocycles. The molecule has 2 rings (SSSR count). The van der Waals surface area contributed by atoms with Crippen molar-refractivity contribution in [1.29, 1.82) is 0 Å². The van der Waals surface area contributed by atoms with Gasteiger partial charge in [0.2, 0.25) is 0 Å². The highest BCUT2D eigenvalue weighted by Crippen LogP contribution is 2.24. The van der Waals surface area contributed by atoms with E-state index in [-0.39, 0.29) is 0 Å². The lowest BCUT2D eigenvalue weighted by atomic mass is 10.2. The fraction of sp³-hybridized carbons (Fsp3) is 0.188. The first kappa shape index (κ1) is 15.4. The van der Waals surface area contributed by atoms with Crippen LogP contribution in [0.1, 0.15) is 12.5 Å². The number of ether oxygens (including phenoxy) is 1. The van der Waals surface area contributed by atoms with Gasteiger partial charge in [-0.15, -0.1) is 0 Å². The van der Waals surface area contributed by atoms with Crippen LogP contribution in [0.2, 0.25) is 0 Å². The summed E-state index contributed by atoms with van der Waals surface area (Å²) in [4.78, 5) is 11.3. The summed E-state index contributed by atoms with van der Waals surface area (Å²) in [5, 5.41) is 6.00. The van der Waals surface area contributed by atoms with Crippen molar-refractivity contribution in [2.75, 3.05) is 17.2 Å². The molecule has 110 valence electrons. The van der Waals surface area contributed by atoms with Crippen molar-refractivity contribution in [2.24, 2.45) is 0 Å². The number of carbonyl (C=O) groups excluding carboxylic acids is 1. The molecule has 2 N–H and O–H groups in total. The molecule has 0 saturated heterocycles. The Morgan fingerprint density at radius 3 is 2.43 bits per heavy atom. The SMILES string of the molecule is CCOC(=O)Nc1ccc(Nc2ccc(Br)cc2C)cc1. The number of rotatable bonds is 4. The average molecular weight is 349 g/mol. The van der Waals surface area contributed by atoms with Crippen LogP contribution >= 0.6 is 15.9 Å². The molecular weight excluding hydrogens is 332 g/mol. The maximum atomic E-state index is 11.3. The highest BCUT2D eigenvalue weighted by Gasteiger charge is 2.03. The smallest absolute Gasteiger partial charge is 0.411 e. The lowest BCUT2D eigenvalue weighted by Crippen LogP contribution is -2.13. The van der Waals surface area contributed by atoms with Gasteiger partial charge in [-0.25, -0.2) is 4.79 Å². The minimum Gasteiger partial charge on any atom is -0.450 e. The van der Waals surface area contributed by atoms with Gasteiger partial charge in [0.15, 0.2) is 0 Å². The number of aryl methyl sites for hydroxylation is 1. The van der Waals surface area contributed by atoms with Crippen molar-refractivity contribution in [3.63, 3.8) is 0 Å². The molecular formula is C16H17BrN2O2. The molecule has 0 spiro atoms. The predicted octanol–water partition coefficient (Wildman–Crippen LogP) is 5.07. The zero-order valence-corrected chi connectivity index (χ0v) is 13.5. The minimum atomic E-state index is -0.443. The molecule has 1 amide bonds. The second-order valence-electron chi connectivity index (χ2n) is 4.51. The lowest BCUT2D eigenvalue weighted by molar-refractivity contribution is 0.168. The third kappa shape index (κ3) is 4.49. The summed E-state index contributed by atoms with van der Waals surface area (Å²) < 4.78 is 5.88. The standard InChI is InChI=1S/C16H17BrN2O2/c1-3-21-16(20)19-14-7-5-13(6-8-14)18-15-9-4-12(17)10-11(15)2/h4-10,18H,3H2,1-2H3,(H,19,20). The Balaban J connectivity index is 2.03. The first-order valence-corrected chi connectivity index (χ1v) is 7.45. The molecule has 0 unspecified atom stereocenters. The van der Waals surface area contributed by atoms with Crippen molar-refractivity contribution in [2.45, 2.75) is 13.8 Å². The van der Waals surface area contributed by atoms with Gasteiger partial charge < -0.3 is 10.1 Å². The topological polar surface area (TPSA) is 50.4 Å². The van der Waals surface area contributed by atoms with E-state index in [1.165, 1.54) is 0 Å². The van der Waals surface area contributed by atoms with Gasteiger partial charge in [0.25, 0.3) is 0 Å². The molecule has 2 aromatic carbocycles. The van der Waals surface area contributed by atoms with Gasteiger partial charge in [-0.2, -0.15) is 0 Å². The molecule has 0 aliphatic heterocycles. The van der Waals surface area contributed by atoms with E-state index in [1.54, 1.807) is 6.92 Å². The van der Waals surface area contributed by atoms with Gasteiger partial charge in [0.1, 0.15) is 0 Å². The first-order valence-electron chi connectivity index (χ1n) is 6.65. The van der Waals surface area contributed by atoms with E-state index >= 15 is 0 Å². The number of anilines is 3. The molecule has 4 nitrogen and oxygen atoms in total. The molecule has 2 aromatic rings. The van der Waals surface area contributed by atoms with Gasteiger partial charge >= 0.3 is 6.09 Å². The summed E-state index contributed by atoms with van der Waals surface area (Å²) in [7, 11) is 0. The van der Waals surface area contributed by atoms with Crippen LogP contribution in [0.4, 0.5) is 21.9 Å². The average Bonchev–Trinajstić information content (AvgIpc) is 2.44. The summed E-state index contributed by atoms with van der Waals surface area (Å²) in [6.45, 7) is 4.17. The first-order chi connectivity index (χ1) is 10.1. The van der Waals surface area contributed by atoms with Crippen LogP contribution < -0.4 is 10.6 Å². The van der Waals surface area contributed by atoms with Crippen LogP contribution in [0.5, 0.6) is 0 Å². The normalized spacial score (nSPS) is 10.0. The molecule has 0 aliphatic rings. The van der Waals surface area contributed by atoms with E-state index < -0.39 is 6.09 Å². The third-order valence-corrected chi connectivity index (χ3v) is 3.37. The van der Waals surface area contributed by atoms with E-state index in [9.17, 15) is 4.79 Å². The van der Waals surface area contributed by atoms with Gasteiger partial charge in [-0.3, -0.25) is 5.32 Å². The summed E-state index contributed by atoms with van der Waals surface area (Å²) in [6.07, 6.45) is -0.443. The zero-order valence-electron chi connectivity index (χ0n) is 11.9. The molecule has 0 saturated carbocycles. The van der Waals surface area contributed by atoms with Gasteiger partial charge in [-0.1, -0.05) is 15.9 Å². The van der Waals surface area contributed by atoms with Crippen LogP contribution in [0.15, 0.2) is 46.9 Å². The highest BCUT2D eigenvalue weighted by atomic mass is 79.9. The maximum absolute atomic E-state index is 11.3. The monoisotopic (exact) mass is 348 g/mol. The fourth-order valence-corrected chi connectivity index (χ4v) is 2.32. The van der Waals surface area contributed by atoms with Gasteiger partial charge in [0, 0.05) is 21.5 Å². The minimum absolute atomic E-state index is 0.355. The van der Waals surface area contributed by atoms with E-state index in [0.29, 0.717) is 12.3 Å². The van der Waals surface area contributed by atoms with Crippen LogP contribution in [-0.4, -0.2) is 12.7 Å². The fourth-order valence-electron chi connectivity index (χ4n) is 1.84. The Morgan fingerprint density at radius 1 is 1.14 bits per heavy atom. The number of hydrogen-bond donors (Lipinski definition) is 2. The Bertz CT molecular complexity index is 627. The van der Waals surface area contributed by atoms with E-state index in [2.05, 4.69) is 32.6 Å². The molecule has 0 atom stereocenters. The Kier molecular flexibility index (Phi) is 5.22. The Labute approximate surface area is 132 Å². The molecule has 21 heavy (non-hydrogen) atoms. The highest BCUT2D eigenvalue weighted by molar-refractivity contribution is 9.10. The Morgan fingerprint density at radius 2 is 1.81 bits per heavy atom. The third-order valence-electron chi connectivity index (χ3n) is 2.87. The summed E-state index contributed by atoms with van der Waals surface area (Å²) in [5.41, 5.74) is 3.85. The quantitative estimate of drug-likeness (QED) is 0.810. The van der Waals surface area contributed by atoms with Crippen molar-refractivity contribution >= 4 is 39.1 Å². The van der Waals surface area contributed by atoms with Gasteiger partial charge in [0.05, 0.1) is 6.61 Å². The molecule has 0 bridgehead atoms. The van der Waals surface area contributed by atoms with Crippen molar-refractivity contribution in [3.05, 3.63) is 52.5 Å². The van der Waals surface area contributed by atoms with Crippen molar-refractivity contribution in [3.8, 4) is 0 Å². The second-order valence-corrected chi connectivity index (χ2v) is 5.42. The Hall–Kier alpha value is -2.01. The predicted molar refractivity (Wildman–Crippen MR) is 89.2 cm³/mol.